The molecular formula is C21H32O2. The largest absolute Gasteiger partial charge is 0.390 e. The van der Waals surface area contributed by atoms with Crippen molar-refractivity contribution < 1.29 is 9.90 Å². The standard InChI is InChI=1S/C21H32O2/c1-3-10-21(23)12-9-15-14(13-21)4-5-17-16(15)8-11-20(2)18(17)6-7-19(20)22/h6-7,14-18,23H,3-5,8-13H2,1-2H3/t14-,15+,16-,17-,18+,20+,21-/m1/s1. The molecule has 0 spiro atoms. The van der Waals surface area contributed by atoms with E-state index in [1.54, 1.807) is 0 Å². The molecule has 0 bridgehead atoms. The van der Waals surface area contributed by atoms with Crippen LogP contribution in [0.5, 0.6) is 0 Å². The highest BCUT2D eigenvalue weighted by Crippen LogP contribution is 2.60. The first kappa shape index (κ1) is 15.9. The maximum atomic E-state index is 12.3. The molecule has 0 saturated heterocycles. The van der Waals surface area contributed by atoms with Crippen molar-refractivity contribution in [2.45, 2.75) is 77.2 Å². The Labute approximate surface area is 140 Å². The Kier molecular flexibility index (Phi) is 3.75. The molecule has 4 aliphatic carbocycles. The summed E-state index contributed by atoms with van der Waals surface area (Å²) in [6.07, 6.45) is 14.3. The Bertz CT molecular complexity index is 524. The van der Waals surface area contributed by atoms with Crippen molar-refractivity contribution in [1.82, 2.24) is 0 Å². The van der Waals surface area contributed by atoms with Crippen molar-refractivity contribution in [3.63, 3.8) is 0 Å². The third-order valence-electron chi connectivity index (χ3n) is 8.09. The van der Waals surface area contributed by atoms with E-state index in [4.69, 9.17) is 0 Å². The van der Waals surface area contributed by atoms with Gasteiger partial charge in [-0.25, -0.2) is 0 Å². The van der Waals surface area contributed by atoms with Gasteiger partial charge < -0.3 is 5.11 Å². The van der Waals surface area contributed by atoms with Crippen molar-refractivity contribution in [1.29, 1.82) is 0 Å². The van der Waals surface area contributed by atoms with Crippen LogP contribution in [0.2, 0.25) is 0 Å². The number of hydrogen-bond acceptors (Lipinski definition) is 2. The number of ketones is 1. The van der Waals surface area contributed by atoms with Gasteiger partial charge >= 0.3 is 0 Å². The summed E-state index contributed by atoms with van der Waals surface area (Å²) < 4.78 is 0. The van der Waals surface area contributed by atoms with E-state index in [2.05, 4.69) is 19.9 Å². The first-order valence-electron chi connectivity index (χ1n) is 9.92. The zero-order chi connectivity index (χ0) is 16.2. The molecule has 4 rings (SSSR count). The number of aliphatic hydroxyl groups is 1. The van der Waals surface area contributed by atoms with Gasteiger partial charge in [0.1, 0.15) is 0 Å². The molecule has 0 heterocycles. The summed E-state index contributed by atoms with van der Waals surface area (Å²) in [7, 11) is 0. The van der Waals surface area contributed by atoms with Crippen molar-refractivity contribution >= 4 is 5.78 Å². The average Bonchev–Trinajstić information content (AvgIpc) is 2.82. The quantitative estimate of drug-likeness (QED) is 0.813. The minimum Gasteiger partial charge on any atom is -0.390 e. The normalized spacial score (nSPS) is 52.0. The summed E-state index contributed by atoms with van der Waals surface area (Å²) in [4.78, 5) is 12.3. The molecule has 0 aromatic carbocycles. The molecule has 2 heteroatoms. The predicted molar refractivity (Wildman–Crippen MR) is 91.9 cm³/mol. The van der Waals surface area contributed by atoms with Gasteiger partial charge in [0.15, 0.2) is 5.78 Å². The maximum absolute atomic E-state index is 12.3. The van der Waals surface area contributed by atoms with Gasteiger partial charge in [-0.15, -0.1) is 0 Å². The second-order valence-electron chi connectivity index (χ2n) is 9.25. The predicted octanol–water partition coefficient (Wildman–Crippen LogP) is 4.52. The van der Waals surface area contributed by atoms with Crippen LogP contribution >= 0.6 is 0 Å². The topological polar surface area (TPSA) is 37.3 Å². The van der Waals surface area contributed by atoms with Gasteiger partial charge in [-0.1, -0.05) is 26.3 Å². The highest BCUT2D eigenvalue weighted by molar-refractivity contribution is 5.97. The molecule has 128 valence electrons. The average molecular weight is 316 g/mol. The Balaban J connectivity index is 1.53. The van der Waals surface area contributed by atoms with Crippen molar-refractivity contribution in [2.24, 2.45) is 35.0 Å². The lowest BCUT2D eigenvalue weighted by molar-refractivity contribution is -0.133. The molecular weight excluding hydrogens is 284 g/mol. The van der Waals surface area contributed by atoms with Crippen LogP contribution in [0, 0.1) is 35.0 Å². The lowest BCUT2D eigenvalue weighted by Crippen LogP contribution is -2.51. The summed E-state index contributed by atoms with van der Waals surface area (Å²) >= 11 is 0. The summed E-state index contributed by atoms with van der Waals surface area (Å²) in [5.74, 6) is 3.92. The molecule has 0 unspecified atom stereocenters. The monoisotopic (exact) mass is 316 g/mol. The van der Waals surface area contributed by atoms with E-state index in [1.165, 1.54) is 25.7 Å². The Morgan fingerprint density at radius 1 is 1.13 bits per heavy atom. The van der Waals surface area contributed by atoms with E-state index >= 15 is 0 Å². The number of hydrogen-bond donors (Lipinski definition) is 1. The third kappa shape index (κ3) is 2.35. The number of fused-ring (bicyclic) bond motifs is 5. The highest BCUT2D eigenvalue weighted by Gasteiger charge is 2.56. The number of allylic oxidation sites excluding steroid dienone is 2. The van der Waals surface area contributed by atoms with Gasteiger partial charge in [-0.05, 0) is 87.0 Å². The van der Waals surface area contributed by atoms with Crippen LogP contribution in [0.4, 0.5) is 0 Å². The second-order valence-corrected chi connectivity index (χ2v) is 9.25. The van der Waals surface area contributed by atoms with Crippen LogP contribution in [-0.4, -0.2) is 16.5 Å². The lowest BCUT2D eigenvalue weighted by Gasteiger charge is -2.55. The van der Waals surface area contributed by atoms with Crippen LogP contribution < -0.4 is 0 Å². The fraction of sp³-hybridized carbons (Fsp3) is 0.857. The van der Waals surface area contributed by atoms with Gasteiger partial charge in [-0.2, -0.15) is 0 Å². The Morgan fingerprint density at radius 3 is 2.70 bits per heavy atom. The summed E-state index contributed by atoms with van der Waals surface area (Å²) in [6.45, 7) is 4.40. The minimum absolute atomic E-state index is 0.0916. The van der Waals surface area contributed by atoms with Crippen LogP contribution in [0.3, 0.4) is 0 Å². The van der Waals surface area contributed by atoms with Crippen LogP contribution in [0.25, 0.3) is 0 Å². The first-order chi connectivity index (χ1) is 11.0. The van der Waals surface area contributed by atoms with E-state index in [0.29, 0.717) is 11.7 Å². The molecule has 7 atom stereocenters. The van der Waals surface area contributed by atoms with Crippen molar-refractivity contribution in [3.8, 4) is 0 Å². The first-order valence-corrected chi connectivity index (χ1v) is 9.92. The van der Waals surface area contributed by atoms with E-state index in [-0.39, 0.29) is 11.0 Å². The number of carbonyl (C=O) groups is 1. The third-order valence-corrected chi connectivity index (χ3v) is 8.09. The molecule has 4 aliphatic rings. The van der Waals surface area contributed by atoms with E-state index < -0.39 is 0 Å². The molecule has 2 nitrogen and oxygen atoms in total. The highest BCUT2D eigenvalue weighted by atomic mass is 16.3. The summed E-state index contributed by atoms with van der Waals surface area (Å²) in [5.41, 5.74) is -0.471. The maximum Gasteiger partial charge on any atom is 0.161 e. The molecule has 0 radical (unpaired) electrons. The van der Waals surface area contributed by atoms with Crippen molar-refractivity contribution in [3.05, 3.63) is 12.2 Å². The Morgan fingerprint density at radius 2 is 1.91 bits per heavy atom. The smallest absolute Gasteiger partial charge is 0.161 e. The van der Waals surface area contributed by atoms with Gasteiger partial charge in [0.25, 0.3) is 0 Å². The van der Waals surface area contributed by atoms with Crippen molar-refractivity contribution in [2.75, 3.05) is 0 Å². The number of carbonyl (C=O) groups excluding carboxylic acids is 1. The SMILES string of the molecule is CCC[C@@]1(O)CC[C@H]2[C@H](CC[C@@H]3[C@@H]2CC[C@]2(C)C(=O)C=C[C@@H]32)C1. The van der Waals surface area contributed by atoms with E-state index in [9.17, 15) is 9.90 Å². The zero-order valence-corrected chi connectivity index (χ0v) is 14.8. The minimum atomic E-state index is -0.380. The van der Waals surface area contributed by atoms with Crippen LogP contribution in [-0.2, 0) is 4.79 Å². The van der Waals surface area contributed by atoms with Gasteiger partial charge in [0, 0.05) is 5.41 Å². The Hall–Kier alpha value is -0.630. The molecule has 0 aromatic rings. The zero-order valence-electron chi connectivity index (χ0n) is 14.8. The molecule has 1 N–H and O–H groups in total. The van der Waals surface area contributed by atoms with E-state index in [1.807, 2.05) is 6.08 Å². The summed E-state index contributed by atoms with van der Waals surface area (Å²) in [6, 6.07) is 0. The fourth-order valence-electron chi connectivity index (χ4n) is 6.93. The molecule has 0 amide bonds. The fourth-order valence-corrected chi connectivity index (χ4v) is 6.93. The molecule has 3 fully saturated rings. The van der Waals surface area contributed by atoms with Gasteiger partial charge in [0.05, 0.1) is 5.60 Å². The number of rotatable bonds is 2. The second kappa shape index (κ2) is 5.44. The van der Waals surface area contributed by atoms with Crippen LogP contribution in [0.15, 0.2) is 12.2 Å². The molecule has 3 saturated carbocycles. The molecule has 23 heavy (non-hydrogen) atoms. The van der Waals surface area contributed by atoms with Gasteiger partial charge in [0.2, 0.25) is 0 Å². The molecule has 0 aliphatic heterocycles. The van der Waals surface area contributed by atoms with E-state index in [0.717, 1.165) is 55.8 Å². The van der Waals surface area contributed by atoms with Gasteiger partial charge in [-0.3, -0.25) is 4.79 Å². The lowest BCUT2D eigenvalue weighted by atomic mass is 9.49. The van der Waals surface area contributed by atoms with Crippen LogP contribution in [0.1, 0.15) is 71.6 Å². The molecule has 0 aromatic heterocycles. The summed E-state index contributed by atoms with van der Waals surface area (Å²) in [5, 5.41) is 10.9.